The summed E-state index contributed by atoms with van der Waals surface area (Å²) in [5, 5.41) is 5.41. The van der Waals surface area contributed by atoms with Crippen LogP contribution in [0.3, 0.4) is 0 Å². The molecule has 9 heteroatoms. The van der Waals surface area contributed by atoms with Gasteiger partial charge in [-0.1, -0.05) is 41.5 Å². The van der Waals surface area contributed by atoms with Crippen molar-refractivity contribution in [2.24, 2.45) is 11.8 Å². The number of hydrogen-bond acceptors (Lipinski definition) is 6. The molecular weight excluding hydrogens is 511 g/mol. The lowest BCUT2D eigenvalue weighted by Crippen LogP contribution is -2.22. The third kappa shape index (κ3) is 6.52. The molecule has 0 saturated carbocycles. The van der Waals surface area contributed by atoms with Gasteiger partial charge in [-0.05, 0) is 40.6 Å². The number of hydrogen-bond donors (Lipinski definition) is 2. The van der Waals surface area contributed by atoms with Crippen molar-refractivity contribution in [2.45, 2.75) is 47.5 Å². The van der Waals surface area contributed by atoms with Crippen LogP contribution in [0.2, 0.25) is 0 Å². The van der Waals surface area contributed by atoms with Crippen LogP contribution >= 0.6 is 22.6 Å². The fraction of sp³-hybridized carbons (Fsp3) is 0.455. The van der Waals surface area contributed by atoms with Gasteiger partial charge in [0, 0.05) is 17.4 Å². The minimum absolute atomic E-state index is 0.0958. The Balaban J connectivity index is 2.48. The Labute approximate surface area is 196 Å². The van der Waals surface area contributed by atoms with Gasteiger partial charge in [-0.25, -0.2) is 4.98 Å². The molecule has 168 valence electrons. The molecule has 0 spiro atoms. The van der Waals surface area contributed by atoms with Gasteiger partial charge >= 0.3 is 0 Å². The average Bonchev–Trinajstić information content (AvgIpc) is 2.69. The second kappa shape index (κ2) is 10.7. The molecule has 0 fully saturated rings. The topological polar surface area (TPSA) is 102 Å². The molecule has 1 aromatic heterocycles. The van der Waals surface area contributed by atoms with Gasteiger partial charge in [-0.15, -0.1) is 0 Å². The van der Waals surface area contributed by atoms with Crippen LogP contribution in [0.25, 0.3) is 0 Å². The normalized spacial score (nSPS) is 11.1. The van der Waals surface area contributed by atoms with Gasteiger partial charge in [0.25, 0.3) is 0 Å². The molecule has 31 heavy (non-hydrogen) atoms. The maximum Gasteiger partial charge on any atom is 0.231 e. The summed E-state index contributed by atoms with van der Waals surface area (Å²) in [6, 6.07) is 3.81. The lowest BCUT2D eigenvalue weighted by Gasteiger charge is -2.18. The molecule has 0 bridgehead atoms. The zero-order valence-corrected chi connectivity index (χ0v) is 21.0. The SMILES string of the molecule is COc1cc(C(C)C)c(Oc2cnc(NC(=O)C(C)C)nc2NC(=O)C(C)C)cc1I. The van der Waals surface area contributed by atoms with E-state index in [9.17, 15) is 9.59 Å². The molecule has 1 heterocycles. The molecular formula is C22H29IN4O4. The molecule has 0 aliphatic rings. The molecule has 8 nitrogen and oxygen atoms in total. The van der Waals surface area contributed by atoms with Crippen LogP contribution in [0, 0.1) is 15.4 Å². The number of amides is 2. The molecule has 0 atom stereocenters. The second-order valence-corrected chi connectivity index (χ2v) is 9.14. The molecule has 0 aliphatic carbocycles. The first-order valence-corrected chi connectivity index (χ1v) is 11.1. The van der Waals surface area contributed by atoms with Gasteiger partial charge in [0.15, 0.2) is 11.6 Å². The summed E-state index contributed by atoms with van der Waals surface area (Å²) < 4.78 is 12.5. The van der Waals surface area contributed by atoms with E-state index >= 15 is 0 Å². The van der Waals surface area contributed by atoms with E-state index < -0.39 is 0 Å². The predicted octanol–water partition coefficient (Wildman–Crippen LogP) is 5.19. The van der Waals surface area contributed by atoms with Crippen molar-refractivity contribution in [3.63, 3.8) is 0 Å². The highest BCUT2D eigenvalue weighted by molar-refractivity contribution is 14.1. The summed E-state index contributed by atoms with van der Waals surface area (Å²) in [6.07, 6.45) is 1.44. The number of nitrogens with zero attached hydrogens (tertiary/aromatic N) is 2. The third-order valence-electron chi connectivity index (χ3n) is 4.41. The number of rotatable bonds is 8. The Bertz CT molecular complexity index is 961. The summed E-state index contributed by atoms with van der Waals surface area (Å²) in [5.74, 6) is 1.16. The van der Waals surface area contributed by atoms with E-state index in [1.165, 1.54) is 6.20 Å². The van der Waals surface area contributed by atoms with Crippen LogP contribution in [0.4, 0.5) is 11.8 Å². The number of methoxy groups -OCH3 is 1. The summed E-state index contributed by atoms with van der Waals surface area (Å²) in [5.41, 5.74) is 0.940. The highest BCUT2D eigenvalue weighted by atomic mass is 127. The number of nitrogens with one attached hydrogen (secondary N) is 2. The van der Waals surface area contributed by atoms with Crippen molar-refractivity contribution in [3.05, 3.63) is 27.5 Å². The Morgan fingerprint density at radius 1 is 0.935 bits per heavy atom. The van der Waals surface area contributed by atoms with Gasteiger partial charge in [-0.3, -0.25) is 14.9 Å². The van der Waals surface area contributed by atoms with Crippen molar-refractivity contribution < 1.29 is 19.1 Å². The summed E-state index contributed by atoms with van der Waals surface area (Å²) >= 11 is 2.18. The van der Waals surface area contributed by atoms with Crippen molar-refractivity contribution in [1.82, 2.24) is 9.97 Å². The molecule has 2 rings (SSSR count). The standard InChI is InChI=1S/C22H29IN4O4/c1-11(2)14-8-17(30-7)15(23)9-16(14)31-18-10-24-22(27-21(29)13(5)6)26-19(18)25-20(28)12(3)4/h8-13H,1-7H3,(H2,24,25,26,27,28,29). The van der Waals surface area contributed by atoms with Crippen molar-refractivity contribution >= 4 is 46.2 Å². The third-order valence-corrected chi connectivity index (χ3v) is 5.25. The number of benzene rings is 1. The van der Waals surface area contributed by atoms with E-state index in [4.69, 9.17) is 9.47 Å². The molecule has 2 amide bonds. The van der Waals surface area contributed by atoms with E-state index in [1.54, 1.807) is 34.8 Å². The fourth-order valence-electron chi connectivity index (χ4n) is 2.48. The molecule has 0 aliphatic heterocycles. The molecule has 2 N–H and O–H groups in total. The zero-order chi connectivity index (χ0) is 23.3. The molecule has 0 saturated heterocycles. The van der Waals surface area contributed by atoms with Crippen LogP contribution in [-0.4, -0.2) is 28.9 Å². The highest BCUT2D eigenvalue weighted by Crippen LogP contribution is 2.38. The maximum atomic E-state index is 12.3. The quantitative estimate of drug-likeness (QED) is 0.447. The van der Waals surface area contributed by atoms with E-state index in [0.717, 1.165) is 14.9 Å². The number of carbonyl (C=O) groups excluding carboxylic acids is 2. The maximum absolute atomic E-state index is 12.3. The smallest absolute Gasteiger partial charge is 0.231 e. The van der Waals surface area contributed by atoms with Crippen LogP contribution < -0.4 is 20.1 Å². The van der Waals surface area contributed by atoms with Crippen molar-refractivity contribution in [2.75, 3.05) is 17.7 Å². The number of anilines is 2. The first kappa shape index (κ1) is 24.8. The second-order valence-electron chi connectivity index (χ2n) is 7.98. The summed E-state index contributed by atoms with van der Waals surface area (Å²) in [7, 11) is 1.62. The Morgan fingerprint density at radius 3 is 2.10 bits per heavy atom. The molecule has 1 aromatic carbocycles. The number of carbonyl (C=O) groups is 2. The van der Waals surface area contributed by atoms with Crippen LogP contribution in [0.1, 0.15) is 53.0 Å². The highest BCUT2D eigenvalue weighted by Gasteiger charge is 2.19. The largest absolute Gasteiger partial charge is 0.496 e. The lowest BCUT2D eigenvalue weighted by molar-refractivity contribution is -0.119. The van der Waals surface area contributed by atoms with E-state index in [1.807, 2.05) is 12.1 Å². The average molecular weight is 540 g/mol. The first-order valence-electron chi connectivity index (χ1n) is 10.1. The number of aromatic nitrogens is 2. The molecule has 0 radical (unpaired) electrons. The van der Waals surface area contributed by atoms with Crippen LogP contribution in [-0.2, 0) is 9.59 Å². The van der Waals surface area contributed by atoms with E-state index in [2.05, 4.69) is 57.0 Å². The predicted molar refractivity (Wildman–Crippen MR) is 129 cm³/mol. The zero-order valence-electron chi connectivity index (χ0n) is 18.9. The van der Waals surface area contributed by atoms with E-state index in [0.29, 0.717) is 5.75 Å². The van der Waals surface area contributed by atoms with Crippen LogP contribution in [0.15, 0.2) is 18.3 Å². The van der Waals surface area contributed by atoms with Crippen LogP contribution in [0.5, 0.6) is 17.2 Å². The Morgan fingerprint density at radius 2 is 1.55 bits per heavy atom. The summed E-state index contributed by atoms with van der Waals surface area (Å²) in [4.78, 5) is 32.9. The minimum atomic E-state index is -0.260. The van der Waals surface area contributed by atoms with E-state index in [-0.39, 0.29) is 47.1 Å². The van der Waals surface area contributed by atoms with Gasteiger partial charge in [0.05, 0.1) is 16.9 Å². The van der Waals surface area contributed by atoms with Gasteiger partial charge < -0.3 is 14.8 Å². The molecule has 2 aromatic rings. The first-order chi connectivity index (χ1) is 14.5. The van der Waals surface area contributed by atoms with Gasteiger partial charge in [0.2, 0.25) is 17.8 Å². The Kier molecular flexibility index (Phi) is 8.60. The molecule has 0 unspecified atom stereocenters. The Hall–Kier alpha value is -2.43. The monoisotopic (exact) mass is 540 g/mol. The van der Waals surface area contributed by atoms with Gasteiger partial charge in [-0.2, -0.15) is 4.98 Å². The van der Waals surface area contributed by atoms with Gasteiger partial charge in [0.1, 0.15) is 11.5 Å². The number of halogens is 1. The van der Waals surface area contributed by atoms with Crippen molar-refractivity contribution in [3.8, 4) is 17.2 Å². The summed E-state index contributed by atoms with van der Waals surface area (Å²) in [6.45, 7) is 11.2. The fourth-order valence-corrected chi connectivity index (χ4v) is 3.13. The minimum Gasteiger partial charge on any atom is -0.496 e. The van der Waals surface area contributed by atoms with Crippen molar-refractivity contribution in [1.29, 1.82) is 0 Å². The lowest BCUT2D eigenvalue weighted by atomic mass is 10.0. The number of ether oxygens (including phenoxy) is 2.